The summed E-state index contributed by atoms with van der Waals surface area (Å²) in [5, 5.41) is 3.05. The van der Waals surface area contributed by atoms with Gasteiger partial charge >= 0.3 is 0 Å². The van der Waals surface area contributed by atoms with E-state index in [4.69, 9.17) is 5.73 Å². The number of hydrogen-bond acceptors (Lipinski definition) is 2. The first-order valence-corrected chi connectivity index (χ1v) is 7.16. The Morgan fingerprint density at radius 1 is 1.25 bits per heavy atom. The first-order chi connectivity index (χ1) is 9.04. The highest BCUT2D eigenvalue weighted by Gasteiger charge is 2.19. The van der Waals surface area contributed by atoms with Crippen LogP contribution in [0.1, 0.15) is 47.2 Å². The van der Waals surface area contributed by atoms with E-state index in [1.54, 1.807) is 0 Å². The topological polar surface area (TPSA) is 55.1 Å². The van der Waals surface area contributed by atoms with E-state index in [2.05, 4.69) is 11.4 Å². The zero-order valence-electron chi connectivity index (χ0n) is 12.3. The SMILES string of the molecule is Cc1cc(C)cc(C(=O)NCC2CCCC(N)C2)c1.Cl. The lowest BCUT2D eigenvalue weighted by molar-refractivity contribution is 0.0942. The molecule has 0 radical (unpaired) electrons. The maximum absolute atomic E-state index is 12.1. The summed E-state index contributed by atoms with van der Waals surface area (Å²) in [6, 6.07) is 6.28. The van der Waals surface area contributed by atoms with Crippen LogP contribution in [0, 0.1) is 19.8 Å². The van der Waals surface area contributed by atoms with Crippen LogP contribution < -0.4 is 11.1 Å². The lowest BCUT2D eigenvalue weighted by Crippen LogP contribution is -2.35. The second-order valence-corrected chi connectivity index (χ2v) is 5.88. The number of carbonyl (C=O) groups is 1. The van der Waals surface area contributed by atoms with Crippen LogP contribution in [0.2, 0.25) is 0 Å². The van der Waals surface area contributed by atoms with Gasteiger partial charge in [-0.2, -0.15) is 0 Å². The molecule has 0 heterocycles. The average molecular weight is 297 g/mol. The van der Waals surface area contributed by atoms with Gasteiger partial charge in [0.05, 0.1) is 0 Å². The Kier molecular flexibility index (Phi) is 6.50. The largest absolute Gasteiger partial charge is 0.352 e. The molecule has 1 aliphatic carbocycles. The highest BCUT2D eigenvalue weighted by atomic mass is 35.5. The fourth-order valence-electron chi connectivity index (χ4n) is 2.96. The molecule has 0 aliphatic heterocycles. The second kappa shape index (κ2) is 7.65. The van der Waals surface area contributed by atoms with E-state index in [9.17, 15) is 4.79 Å². The van der Waals surface area contributed by atoms with Crippen molar-refractivity contribution in [1.29, 1.82) is 0 Å². The van der Waals surface area contributed by atoms with Gasteiger partial charge in [-0.05, 0) is 51.2 Å². The third-order valence-electron chi connectivity index (χ3n) is 3.86. The molecule has 3 nitrogen and oxygen atoms in total. The molecule has 0 spiro atoms. The molecule has 1 aliphatic rings. The molecule has 2 rings (SSSR count). The van der Waals surface area contributed by atoms with Crippen molar-refractivity contribution in [3.63, 3.8) is 0 Å². The second-order valence-electron chi connectivity index (χ2n) is 5.88. The number of halogens is 1. The summed E-state index contributed by atoms with van der Waals surface area (Å²) in [4.78, 5) is 12.1. The third-order valence-corrected chi connectivity index (χ3v) is 3.86. The monoisotopic (exact) mass is 296 g/mol. The molecule has 3 N–H and O–H groups in total. The van der Waals surface area contributed by atoms with Crippen LogP contribution in [-0.4, -0.2) is 18.5 Å². The number of carbonyl (C=O) groups excluding carboxylic acids is 1. The van der Waals surface area contributed by atoms with Gasteiger partial charge in [0, 0.05) is 18.2 Å². The molecule has 1 fully saturated rings. The summed E-state index contributed by atoms with van der Waals surface area (Å²) in [6.45, 7) is 4.79. The number of rotatable bonds is 3. The molecule has 2 unspecified atom stereocenters. The van der Waals surface area contributed by atoms with Gasteiger partial charge in [-0.15, -0.1) is 12.4 Å². The highest BCUT2D eigenvalue weighted by Crippen LogP contribution is 2.22. The Balaban J connectivity index is 0.00000200. The van der Waals surface area contributed by atoms with E-state index in [0.717, 1.165) is 36.1 Å². The molecule has 1 amide bonds. The van der Waals surface area contributed by atoms with E-state index in [-0.39, 0.29) is 18.3 Å². The molecule has 1 aromatic rings. The summed E-state index contributed by atoms with van der Waals surface area (Å²) >= 11 is 0. The van der Waals surface area contributed by atoms with Crippen molar-refractivity contribution < 1.29 is 4.79 Å². The Morgan fingerprint density at radius 2 is 1.90 bits per heavy atom. The molecule has 0 aromatic heterocycles. The van der Waals surface area contributed by atoms with Crippen molar-refractivity contribution in [2.45, 2.75) is 45.6 Å². The summed E-state index contributed by atoms with van der Waals surface area (Å²) in [7, 11) is 0. The number of aryl methyl sites for hydroxylation is 2. The number of benzene rings is 1. The van der Waals surface area contributed by atoms with Gasteiger partial charge in [0.1, 0.15) is 0 Å². The van der Waals surface area contributed by atoms with E-state index in [1.807, 2.05) is 26.0 Å². The minimum atomic E-state index is 0. The molecule has 1 aromatic carbocycles. The molecular weight excluding hydrogens is 272 g/mol. The minimum Gasteiger partial charge on any atom is -0.352 e. The maximum Gasteiger partial charge on any atom is 0.251 e. The van der Waals surface area contributed by atoms with Gasteiger partial charge in [0.15, 0.2) is 0 Å². The van der Waals surface area contributed by atoms with Crippen molar-refractivity contribution in [2.75, 3.05) is 6.54 Å². The van der Waals surface area contributed by atoms with Gasteiger partial charge in [-0.1, -0.05) is 23.6 Å². The number of hydrogen-bond donors (Lipinski definition) is 2. The van der Waals surface area contributed by atoms with Crippen LogP contribution in [0.25, 0.3) is 0 Å². The van der Waals surface area contributed by atoms with Crippen LogP contribution in [0.5, 0.6) is 0 Å². The van der Waals surface area contributed by atoms with Crippen LogP contribution in [-0.2, 0) is 0 Å². The molecule has 20 heavy (non-hydrogen) atoms. The number of nitrogens with one attached hydrogen (secondary N) is 1. The van der Waals surface area contributed by atoms with Gasteiger partial charge in [0.25, 0.3) is 5.91 Å². The smallest absolute Gasteiger partial charge is 0.251 e. The minimum absolute atomic E-state index is 0. The van der Waals surface area contributed by atoms with E-state index < -0.39 is 0 Å². The predicted octanol–water partition coefficient (Wildman–Crippen LogP) is 2.97. The first-order valence-electron chi connectivity index (χ1n) is 7.16. The van der Waals surface area contributed by atoms with Gasteiger partial charge in [0.2, 0.25) is 0 Å². The van der Waals surface area contributed by atoms with Crippen molar-refractivity contribution in [2.24, 2.45) is 11.7 Å². The zero-order chi connectivity index (χ0) is 13.8. The number of amides is 1. The first kappa shape index (κ1) is 17.0. The zero-order valence-corrected chi connectivity index (χ0v) is 13.1. The Hall–Kier alpha value is -1.06. The molecule has 1 saturated carbocycles. The van der Waals surface area contributed by atoms with Gasteiger partial charge in [-0.3, -0.25) is 4.79 Å². The molecule has 4 heteroatoms. The quantitative estimate of drug-likeness (QED) is 0.901. The predicted molar refractivity (Wildman–Crippen MR) is 85.4 cm³/mol. The molecule has 0 saturated heterocycles. The summed E-state index contributed by atoms with van der Waals surface area (Å²) in [5.74, 6) is 0.574. The Bertz CT molecular complexity index is 442. The lowest BCUT2D eigenvalue weighted by Gasteiger charge is -2.26. The van der Waals surface area contributed by atoms with Gasteiger partial charge in [-0.25, -0.2) is 0 Å². The fourth-order valence-corrected chi connectivity index (χ4v) is 2.96. The van der Waals surface area contributed by atoms with Crippen molar-refractivity contribution in [3.8, 4) is 0 Å². The number of nitrogens with two attached hydrogens (primary N) is 1. The molecule has 112 valence electrons. The van der Waals surface area contributed by atoms with Crippen LogP contribution in [0.15, 0.2) is 18.2 Å². The summed E-state index contributed by atoms with van der Waals surface area (Å²) < 4.78 is 0. The van der Waals surface area contributed by atoms with Crippen LogP contribution in [0.4, 0.5) is 0 Å². The molecule has 0 bridgehead atoms. The van der Waals surface area contributed by atoms with Gasteiger partial charge < -0.3 is 11.1 Å². The highest BCUT2D eigenvalue weighted by molar-refractivity contribution is 5.94. The van der Waals surface area contributed by atoms with Crippen molar-refractivity contribution in [3.05, 3.63) is 34.9 Å². The Labute approximate surface area is 127 Å². The average Bonchev–Trinajstić information content (AvgIpc) is 2.35. The van der Waals surface area contributed by atoms with E-state index in [0.29, 0.717) is 12.0 Å². The van der Waals surface area contributed by atoms with Crippen molar-refractivity contribution >= 4 is 18.3 Å². The van der Waals surface area contributed by atoms with Crippen LogP contribution in [0.3, 0.4) is 0 Å². The molecule has 2 atom stereocenters. The Morgan fingerprint density at radius 3 is 2.50 bits per heavy atom. The maximum atomic E-state index is 12.1. The standard InChI is InChI=1S/C16H24N2O.ClH/c1-11-6-12(2)8-14(7-11)16(19)18-10-13-4-3-5-15(17)9-13;/h6-8,13,15H,3-5,9-10,17H2,1-2H3,(H,18,19);1H. The summed E-state index contributed by atoms with van der Waals surface area (Å²) in [6.07, 6.45) is 4.53. The fraction of sp³-hybridized carbons (Fsp3) is 0.562. The van der Waals surface area contributed by atoms with Crippen molar-refractivity contribution in [1.82, 2.24) is 5.32 Å². The normalized spacial score (nSPS) is 21.9. The summed E-state index contributed by atoms with van der Waals surface area (Å²) in [5.41, 5.74) is 8.99. The van der Waals surface area contributed by atoms with E-state index in [1.165, 1.54) is 12.8 Å². The van der Waals surface area contributed by atoms with E-state index >= 15 is 0 Å². The van der Waals surface area contributed by atoms with Crippen LogP contribution >= 0.6 is 12.4 Å². The third kappa shape index (κ3) is 4.80. The molecular formula is C16H25ClN2O. The lowest BCUT2D eigenvalue weighted by atomic mass is 9.86.